The van der Waals surface area contributed by atoms with E-state index in [4.69, 9.17) is 4.74 Å². The number of aromatic hydroxyl groups is 1. The van der Waals surface area contributed by atoms with E-state index in [2.05, 4.69) is 10.5 Å². The minimum atomic E-state index is -0.373. The number of nitrogens with zero attached hydrogens (tertiary/aromatic N) is 1. The van der Waals surface area contributed by atoms with Gasteiger partial charge in [-0.1, -0.05) is 24.3 Å². The molecule has 0 fully saturated rings. The van der Waals surface area contributed by atoms with Crippen molar-refractivity contribution in [2.45, 2.75) is 6.92 Å². The molecule has 0 heterocycles. The summed E-state index contributed by atoms with van der Waals surface area (Å²) >= 11 is 0. The Balaban J connectivity index is 2.17. The molecule has 5 nitrogen and oxygen atoms in total. The Morgan fingerprint density at radius 3 is 2.38 bits per heavy atom. The molecule has 21 heavy (non-hydrogen) atoms. The van der Waals surface area contributed by atoms with Gasteiger partial charge in [-0.3, -0.25) is 4.79 Å². The number of hydrogen-bond acceptors (Lipinski definition) is 4. The number of amides is 1. The molecule has 5 heteroatoms. The molecule has 1 amide bonds. The molecule has 0 saturated carbocycles. The van der Waals surface area contributed by atoms with Crippen LogP contribution in [-0.4, -0.2) is 23.8 Å². The van der Waals surface area contributed by atoms with Crippen LogP contribution >= 0.6 is 0 Å². The lowest BCUT2D eigenvalue weighted by Gasteiger charge is -2.07. The lowest BCUT2D eigenvalue weighted by molar-refractivity contribution is 0.0952. The third-order valence-corrected chi connectivity index (χ3v) is 2.97. The Morgan fingerprint density at radius 1 is 1.10 bits per heavy atom. The van der Waals surface area contributed by atoms with E-state index in [1.165, 1.54) is 7.11 Å². The fraction of sp³-hybridized carbons (Fsp3) is 0.125. The van der Waals surface area contributed by atoms with Gasteiger partial charge in [0.2, 0.25) is 0 Å². The van der Waals surface area contributed by atoms with Crippen LogP contribution < -0.4 is 10.2 Å². The van der Waals surface area contributed by atoms with Gasteiger partial charge in [0.05, 0.1) is 18.4 Å². The summed E-state index contributed by atoms with van der Waals surface area (Å²) in [5.41, 5.74) is 3.93. The Morgan fingerprint density at radius 2 is 1.71 bits per heavy atom. The maximum absolute atomic E-state index is 12.1. The van der Waals surface area contributed by atoms with Gasteiger partial charge in [0, 0.05) is 5.56 Å². The van der Waals surface area contributed by atoms with E-state index >= 15 is 0 Å². The highest BCUT2D eigenvalue weighted by atomic mass is 16.5. The number of hydrogen-bond donors (Lipinski definition) is 2. The maximum atomic E-state index is 12.1. The predicted octanol–water partition coefficient (Wildman–Crippen LogP) is 2.55. The maximum Gasteiger partial charge on any atom is 0.275 e. The van der Waals surface area contributed by atoms with Crippen molar-refractivity contribution in [3.05, 3.63) is 59.7 Å². The Kier molecular flexibility index (Phi) is 4.56. The SMILES string of the molecule is COc1ccccc1C(=O)NN=C(C)c1ccccc1O. The number of carbonyl (C=O) groups is 1. The molecular formula is C16H16N2O3. The average Bonchev–Trinajstić information content (AvgIpc) is 2.52. The number of carbonyl (C=O) groups excluding carboxylic acids is 1. The summed E-state index contributed by atoms with van der Waals surface area (Å²) in [6.07, 6.45) is 0. The lowest BCUT2D eigenvalue weighted by Crippen LogP contribution is -2.20. The average molecular weight is 284 g/mol. The molecule has 0 aromatic heterocycles. The zero-order chi connectivity index (χ0) is 15.2. The third-order valence-electron chi connectivity index (χ3n) is 2.97. The number of benzene rings is 2. The number of rotatable bonds is 4. The monoisotopic (exact) mass is 284 g/mol. The highest BCUT2D eigenvalue weighted by molar-refractivity contribution is 6.03. The lowest BCUT2D eigenvalue weighted by atomic mass is 10.1. The van der Waals surface area contributed by atoms with Crippen molar-refractivity contribution in [3.63, 3.8) is 0 Å². The molecule has 0 spiro atoms. The molecule has 0 bridgehead atoms. The van der Waals surface area contributed by atoms with E-state index in [-0.39, 0.29) is 11.7 Å². The van der Waals surface area contributed by atoms with Crippen LogP contribution in [0.5, 0.6) is 11.5 Å². The van der Waals surface area contributed by atoms with Gasteiger partial charge in [-0.2, -0.15) is 5.10 Å². The van der Waals surface area contributed by atoms with Gasteiger partial charge in [-0.05, 0) is 31.2 Å². The van der Waals surface area contributed by atoms with Crippen molar-refractivity contribution in [2.75, 3.05) is 7.11 Å². The van der Waals surface area contributed by atoms with Crippen LogP contribution in [0.15, 0.2) is 53.6 Å². The normalized spacial score (nSPS) is 11.0. The molecule has 2 aromatic carbocycles. The molecule has 2 rings (SSSR count). The van der Waals surface area contributed by atoms with Gasteiger partial charge >= 0.3 is 0 Å². The van der Waals surface area contributed by atoms with Crippen molar-refractivity contribution < 1.29 is 14.6 Å². The van der Waals surface area contributed by atoms with Crippen LogP contribution in [-0.2, 0) is 0 Å². The van der Waals surface area contributed by atoms with E-state index in [1.54, 1.807) is 55.5 Å². The summed E-state index contributed by atoms with van der Waals surface area (Å²) in [6, 6.07) is 13.7. The van der Waals surface area contributed by atoms with E-state index < -0.39 is 0 Å². The highest BCUT2D eigenvalue weighted by Crippen LogP contribution is 2.18. The number of para-hydroxylation sites is 2. The van der Waals surface area contributed by atoms with Crippen LogP contribution in [0.2, 0.25) is 0 Å². The molecule has 0 unspecified atom stereocenters. The fourth-order valence-electron chi connectivity index (χ4n) is 1.87. The first kappa shape index (κ1) is 14.6. The van der Waals surface area contributed by atoms with E-state index in [0.717, 1.165) is 0 Å². The van der Waals surface area contributed by atoms with Crippen molar-refractivity contribution >= 4 is 11.6 Å². The topological polar surface area (TPSA) is 70.9 Å². The van der Waals surface area contributed by atoms with E-state index in [1.807, 2.05) is 0 Å². The van der Waals surface area contributed by atoms with E-state index in [9.17, 15) is 9.90 Å². The predicted molar refractivity (Wildman–Crippen MR) is 80.8 cm³/mol. The number of phenolic OH excluding ortho intramolecular Hbond substituents is 1. The number of methoxy groups -OCH3 is 1. The molecule has 0 atom stereocenters. The largest absolute Gasteiger partial charge is 0.507 e. The van der Waals surface area contributed by atoms with Gasteiger partial charge in [0.1, 0.15) is 11.5 Å². The minimum Gasteiger partial charge on any atom is -0.507 e. The Hall–Kier alpha value is -2.82. The van der Waals surface area contributed by atoms with Gasteiger partial charge in [-0.25, -0.2) is 5.43 Å². The summed E-state index contributed by atoms with van der Waals surface area (Å²) in [5.74, 6) is 0.220. The fourth-order valence-corrected chi connectivity index (χ4v) is 1.87. The van der Waals surface area contributed by atoms with Crippen LogP contribution in [0.3, 0.4) is 0 Å². The van der Waals surface area contributed by atoms with Gasteiger partial charge < -0.3 is 9.84 Å². The van der Waals surface area contributed by atoms with Crippen LogP contribution in [0, 0.1) is 0 Å². The number of hydrazone groups is 1. The molecule has 108 valence electrons. The van der Waals surface area contributed by atoms with Gasteiger partial charge in [0.25, 0.3) is 5.91 Å². The number of ether oxygens (including phenoxy) is 1. The molecule has 2 N–H and O–H groups in total. The number of phenols is 1. The quantitative estimate of drug-likeness (QED) is 0.669. The van der Waals surface area contributed by atoms with Crippen LogP contribution in [0.25, 0.3) is 0 Å². The Labute approximate surface area is 122 Å². The summed E-state index contributed by atoms with van der Waals surface area (Å²) in [5, 5.41) is 13.7. The first-order chi connectivity index (χ1) is 10.1. The smallest absolute Gasteiger partial charge is 0.275 e. The first-order valence-corrected chi connectivity index (χ1v) is 6.39. The highest BCUT2D eigenvalue weighted by Gasteiger charge is 2.11. The molecule has 0 aliphatic heterocycles. The summed E-state index contributed by atoms with van der Waals surface area (Å²) in [6.45, 7) is 1.71. The van der Waals surface area contributed by atoms with Crippen LogP contribution in [0.4, 0.5) is 0 Å². The number of nitrogens with one attached hydrogen (secondary N) is 1. The van der Waals surface area contributed by atoms with Crippen molar-refractivity contribution in [3.8, 4) is 11.5 Å². The second kappa shape index (κ2) is 6.56. The minimum absolute atomic E-state index is 0.116. The van der Waals surface area contributed by atoms with Crippen molar-refractivity contribution in [2.24, 2.45) is 5.10 Å². The summed E-state index contributed by atoms with van der Waals surface area (Å²) in [7, 11) is 1.50. The third kappa shape index (κ3) is 3.39. The molecular weight excluding hydrogens is 268 g/mol. The van der Waals surface area contributed by atoms with Gasteiger partial charge in [0.15, 0.2) is 0 Å². The summed E-state index contributed by atoms with van der Waals surface area (Å²) in [4.78, 5) is 12.1. The van der Waals surface area contributed by atoms with Crippen molar-refractivity contribution in [1.82, 2.24) is 5.43 Å². The molecule has 2 aromatic rings. The standard InChI is InChI=1S/C16H16N2O3/c1-11(12-7-3-5-9-14(12)19)17-18-16(20)13-8-4-6-10-15(13)21-2/h3-10,19H,1-2H3,(H,18,20). The molecule has 0 aliphatic rings. The zero-order valence-corrected chi connectivity index (χ0v) is 11.8. The molecule has 0 radical (unpaired) electrons. The molecule has 0 aliphatic carbocycles. The van der Waals surface area contributed by atoms with Gasteiger partial charge in [-0.15, -0.1) is 0 Å². The second-order valence-corrected chi connectivity index (χ2v) is 4.36. The first-order valence-electron chi connectivity index (χ1n) is 6.39. The van der Waals surface area contributed by atoms with E-state index in [0.29, 0.717) is 22.6 Å². The molecule has 0 saturated heterocycles. The Bertz CT molecular complexity index is 681. The van der Waals surface area contributed by atoms with Crippen molar-refractivity contribution in [1.29, 1.82) is 0 Å². The zero-order valence-electron chi connectivity index (χ0n) is 11.8. The second-order valence-electron chi connectivity index (χ2n) is 4.36. The summed E-state index contributed by atoms with van der Waals surface area (Å²) < 4.78 is 5.13. The van der Waals surface area contributed by atoms with Crippen LogP contribution in [0.1, 0.15) is 22.8 Å².